The number of rotatable bonds is 4. The maximum absolute atomic E-state index is 13.1. The molecule has 0 aliphatic carbocycles. The summed E-state index contributed by atoms with van der Waals surface area (Å²) < 4.78 is 13.1. The molecular weight excluding hydrogens is 141 g/mol. The molecule has 0 spiro atoms. The van der Waals surface area contributed by atoms with Crippen molar-refractivity contribution in [2.75, 3.05) is 0 Å². The van der Waals surface area contributed by atoms with Crippen molar-refractivity contribution >= 4 is 0 Å². The smallest absolute Gasteiger partial charge is 0.117 e. The van der Waals surface area contributed by atoms with E-state index in [0.29, 0.717) is 12.3 Å². The molecule has 2 N–H and O–H groups in total. The normalized spacial score (nSPS) is 15.5. The Labute approximate surface area is 69.2 Å². The van der Waals surface area contributed by atoms with Gasteiger partial charge in [-0.05, 0) is 32.6 Å². The summed E-state index contributed by atoms with van der Waals surface area (Å²) in [5.41, 5.74) is 4.92. The van der Waals surface area contributed by atoms with Crippen molar-refractivity contribution < 1.29 is 4.39 Å². The number of halogens is 1. The highest BCUT2D eigenvalue weighted by Gasteiger charge is 2.24. The van der Waals surface area contributed by atoms with Gasteiger partial charge in [0.25, 0.3) is 0 Å². The molecular formula is C9H20FN. The van der Waals surface area contributed by atoms with Gasteiger partial charge in [-0.25, -0.2) is 4.39 Å². The summed E-state index contributed by atoms with van der Waals surface area (Å²) in [7, 11) is 0. The molecule has 2 heteroatoms. The minimum absolute atomic E-state index is 0.565. The highest BCUT2D eigenvalue weighted by atomic mass is 19.1. The molecule has 1 nitrogen and oxygen atoms in total. The van der Waals surface area contributed by atoms with Gasteiger partial charge in [0.05, 0.1) is 0 Å². The predicted molar refractivity (Wildman–Crippen MR) is 47.2 cm³/mol. The fourth-order valence-electron chi connectivity index (χ4n) is 0.852. The molecule has 0 amide bonds. The zero-order valence-corrected chi connectivity index (χ0v) is 8.02. The van der Waals surface area contributed by atoms with E-state index in [4.69, 9.17) is 5.73 Å². The number of alkyl halides is 1. The van der Waals surface area contributed by atoms with Crippen molar-refractivity contribution in [2.45, 2.75) is 52.2 Å². The molecule has 0 heterocycles. The van der Waals surface area contributed by atoms with Crippen molar-refractivity contribution in [3.05, 3.63) is 0 Å². The molecule has 0 fully saturated rings. The molecule has 0 aromatic rings. The van der Waals surface area contributed by atoms with Gasteiger partial charge in [0.1, 0.15) is 6.17 Å². The van der Waals surface area contributed by atoms with E-state index in [9.17, 15) is 4.39 Å². The fourth-order valence-corrected chi connectivity index (χ4v) is 0.852. The van der Waals surface area contributed by atoms with Crippen LogP contribution in [0.5, 0.6) is 0 Å². The van der Waals surface area contributed by atoms with Gasteiger partial charge in [0.15, 0.2) is 0 Å². The van der Waals surface area contributed by atoms with E-state index in [1.54, 1.807) is 13.8 Å². The van der Waals surface area contributed by atoms with Crippen LogP contribution in [0.3, 0.4) is 0 Å². The van der Waals surface area contributed by atoms with Crippen LogP contribution in [0.15, 0.2) is 0 Å². The van der Waals surface area contributed by atoms with Crippen LogP contribution >= 0.6 is 0 Å². The van der Waals surface area contributed by atoms with E-state index in [1.807, 2.05) is 0 Å². The van der Waals surface area contributed by atoms with Crippen LogP contribution in [-0.2, 0) is 0 Å². The second-order valence-electron chi connectivity index (χ2n) is 4.26. The third kappa shape index (κ3) is 5.19. The second kappa shape index (κ2) is 4.05. The summed E-state index contributed by atoms with van der Waals surface area (Å²) in [6.07, 6.45) is 0.632. The topological polar surface area (TPSA) is 26.0 Å². The maximum atomic E-state index is 13.1. The van der Waals surface area contributed by atoms with Gasteiger partial charge < -0.3 is 5.73 Å². The Balaban J connectivity index is 3.61. The molecule has 0 rings (SSSR count). The molecule has 0 bridgehead atoms. The Kier molecular flexibility index (Phi) is 4.01. The van der Waals surface area contributed by atoms with Gasteiger partial charge in [0, 0.05) is 5.54 Å². The van der Waals surface area contributed by atoms with Crippen LogP contribution in [0.25, 0.3) is 0 Å². The lowest BCUT2D eigenvalue weighted by Gasteiger charge is -2.24. The Bertz CT molecular complexity index is 105. The lowest BCUT2D eigenvalue weighted by atomic mass is 9.94. The lowest BCUT2D eigenvalue weighted by Crippen LogP contribution is -2.42. The molecule has 0 aliphatic rings. The van der Waals surface area contributed by atoms with Gasteiger partial charge in [-0.1, -0.05) is 13.8 Å². The van der Waals surface area contributed by atoms with Crippen LogP contribution in [0.1, 0.15) is 40.5 Å². The van der Waals surface area contributed by atoms with Crippen molar-refractivity contribution in [2.24, 2.45) is 11.7 Å². The van der Waals surface area contributed by atoms with E-state index in [2.05, 4.69) is 13.8 Å². The van der Waals surface area contributed by atoms with E-state index in [1.165, 1.54) is 0 Å². The van der Waals surface area contributed by atoms with Crippen molar-refractivity contribution in [3.8, 4) is 0 Å². The molecule has 1 atom stereocenters. The third-order valence-electron chi connectivity index (χ3n) is 1.80. The zero-order valence-electron chi connectivity index (χ0n) is 8.02. The molecule has 0 aliphatic heterocycles. The summed E-state index contributed by atoms with van der Waals surface area (Å²) in [5, 5.41) is 0. The van der Waals surface area contributed by atoms with Gasteiger partial charge in [-0.15, -0.1) is 0 Å². The molecule has 68 valence electrons. The Morgan fingerprint density at radius 2 is 1.73 bits per heavy atom. The van der Waals surface area contributed by atoms with Gasteiger partial charge in [-0.2, -0.15) is 0 Å². The van der Waals surface area contributed by atoms with Crippen LogP contribution in [0.4, 0.5) is 4.39 Å². The number of hydrogen-bond acceptors (Lipinski definition) is 1. The molecule has 0 saturated carbocycles. The minimum atomic E-state index is -0.870. The summed E-state index contributed by atoms with van der Waals surface area (Å²) in [4.78, 5) is 0. The van der Waals surface area contributed by atoms with Gasteiger partial charge in [0.2, 0.25) is 0 Å². The summed E-state index contributed by atoms with van der Waals surface area (Å²) in [6, 6.07) is 0. The SMILES string of the molecule is CC(C)CCC(F)C(C)(C)N. The first-order valence-electron chi connectivity index (χ1n) is 4.27. The van der Waals surface area contributed by atoms with Crippen LogP contribution in [0.2, 0.25) is 0 Å². The maximum Gasteiger partial charge on any atom is 0.117 e. The van der Waals surface area contributed by atoms with Gasteiger partial charge >= 0.3 is 0 Å². The predicted octanol–water partition coefficient (Wildman–Crippen LogP) is 2.50. The highest BCUT2D eigenvalue weighted by molar-refractivity contribution is 4.81. The third-order valence-corrected chi connectivity index (χ3v) is 1.80. The molecule has 11 heavy (non-hydrogen) atoms. The zero-order chi connectivity index (χ0) is 9.07. The molecule has 0 aromatic carbocycles. The van der Waals surface area contributed by atoms with E-state index in [0.717, 1.165) is 6.42 Å². The molecule has 1 unspecified atom stereocenters. The van der Waals surface area contributed by atoms with E-state index in [-0.39, 0.29) is 0 Å². The summed E-state index contributed by atoms with van der Waals surface area (Å²) in [5.74, 6) is 0.565. The Morgan fingerprint density at radius 1 is 1.27 bits per heavy atom. The standard InChI is InChI=1S/C9H20FN/c1-7(2)5-6-8(10)9(3,4)11/h7-8H,5-6,11H2,1-4H3. The average molecular weight is 161 g/mol. The van der Waals surface area contributed by atoms with Crippen LogP contribution in [-0.4, -0.2) is 11.7 Å². The first-order valence-corrected chi connectivity index (χ1v) is 4.27. The van der Waals surface area contributed by atoms with E-state index >= 15 is 0 Å². The average Bonchev–Trinajstić information content (AvgIpc) is 1.80. The second-order valence-corrected chi connectivity index (χ2v) is 4.26. The highest BCUT2D eigenvalue weighted by Crippen LogP contribution is 2.17. The Hall–Kier alpha value is -0.110. The Morgan fingerprint density at radius 3 is 2.00 bits per heavy atom. The van der Waals surface area contributed by atoms with Crippen molar-refractivity contribution in [1.82, 2.24) is 0 Å². The number of hydrogen-bond donors (Lipinski definition) is 1. The number of nitrogens with two attached hydrogens (primary N) is 1. The van der Waals surface area contributed by atoms with Crippen LogP contribution in [0, 0.1) is 5.92 Å². The first-order chi connectivity index (χ1) is 4.84. The minimum Gasteiger partial charge on any atom is -0.323 e. The van der Waals surface area contributed by atoms with Gasteiger partial charge in [-0.3, -0.25) is 0 Å². The van der Waals surface area contributed by atoms with Crippen molar-refractivity contribution in [1.29, 1.82) is 0 Å². The summed E-state index contributed by atoms with van der Waals surface area (Å²) >= 11 is 0. The monoisotopic (exact) mass is 161 g/mol. The van der Waals surface area contributed by atoms with Crippen LogP contribution < -0.4 is 5.73 Å². The summed E-state index contributed by atoms with van der Waals surface area (Å²) in [6.45, 7) is 7.66. The molecule has 0 radical (unpaired) electrons. The fraction of sp³-hybridized carbons (Fsp3) is 1.00. The lowest BCUT2D eigenvalue weighted by molar-refractivity contribution is 0.196. The first kappa shape index (κ1) is 10.9. The quantitative estimate of drug-likeness (QED) is 0.673. The largest absolute Gasteiger partial charge is 0.323 e. The molecule has 0 aromatic heterocycles. The molecule has 0 saturated heterocycles. The van der Waals surface area contributed by atoms with E-state index < -0.39 is 11.7 Å². The van der Waals surface area contributed by atoms with Crippen molar-refractivity contribution in [3.63, 3.8) is 0 Å².